The molecule has 0 aliphatic carbocycles. The first-order valence-corrected chi connectivity index (χ1v) is 7.34. The van der Waals surface area contributed by atoms with Gasteiger partial charge in [-0.25, -0.2) is 4.99 Å². The fourth-order valence-electron chi connectivity index (χ4n) is 2.89. The van der Waals surface area contributed by atoms with Crippen molar-refractivity contribution < 1.29 is 0 Å². The lowest BCUT2D eigenvalue weighted by atomic mass is 10.0. The molecule has 1 aromatic heterocycles. The molecule has 6 heteroatoms. The Balaban J connectivity index is 1.73. The van der Waals surface area contributed by atoms with Gasteiger partial charge in [0.15, 0.2) is 5.96 Å². The Morgan fingerprint density at radius 3 is 3.05 bits per heavy atom. The maximum Gasteiger partial charge on any atom is 0.197 e. The summed E-state index contributed by atoms with van der Waals surface area (Å²) in [5.41, 5.74) is 8.99. The number of nitrogens with zero attached hydrogens (tertiary/aromatic N) is 5. The van der Waals surface area contributed by atoms with E-state index in [1.54, 1.807) is 18.6 Å². The van der Waals surface area contributed by atoms with Gasteiger partial charge in [-0.15, -0.1) is 0 Å². The second-order valence-electron chi connectivity index (χ2n) is 5.35. The molecule has 1 atom stereocenters. The molecule has 110 valence electrons. The van der Waals surface area contributed by atoms with Crippen LogP contribution < -0.4 is 5.73 Å². The molecule has 2 N–H and O–H groups in total. The molecule has 2 aromatic rings. The fourth-order valence-corrected chi connectivity index (χ4v) is 2.89. The van der Waals surface area contributed by atoms with Crippen molar-refractivity contribution >= 4 is 11.8 Å². The van der Waals surface area contributed by atoms with Crippen LogP contribution in [-0.4, -0.2) is 39.8 Å². The van der Waals surface area contributed by atoms with E-state index in [2.05, 4.69) is 32.1 Å². The lowest BCUT2D eigenvalue weighted by molar-refractivity contribution is 0.545. The van der Waals surface area contributed by atoms with Gasteiger partial charge in [0, 0.05) is 31.0 Å². The molecule has 0 amide bonds. The Labute approximate surface area is 128 Å². The molecule has 3 heterocycles. The first kappa shape index (κ1) is 12.9. The molecule has 1 aromatic carbocycles. The van der Waals surface area contributed by atoms with E-state index < -0.39 is 0 Å². The van der Waals surface area contributed by atoms with Gasteiger partial charge in [-0.1, -0.05) is 18.2 Å². The van der Waals surface area contributed by atoms with E-state index in [-0.39, 0.29) is 6.04 Å². The Bertz CT molecular complexity index is 752. The second kappa shape index (κ2) is 5.22. The predicted molar refractivity (Wildman–Crippen MR) is 85.5 cm³/mol. The first-order valence-electron chi connectivity index (χ1n) is 7.34. The number of hydrogen-bond donors (Lipinski definition) is 1. The molecule has 0 bridgehead atoms. The average molecular weight is 292 g/mol. The number of benzene rings is 1. The van der Waals surface area contributed by atoms with Crippen LogP contribution in [-0.2, 0) is 0 Å². The van der Waals surface area contributed by atoms with E-state index in [1.165, 1.54) is 0 Å². The molecule has 2 aliphatic rings. The van der Waals surface area contributed by atoms with Gasteiger partial charge in [-0.05, 0) is 18.1 Å². The maximum atomic E-state index is 6.04. The number of rotatable bonds is 2. The zero-order valence-corrected chi connectivity index (χ0v) is 12.1. The standard InChI is InChI=1S/C16H16N6/c17-16-21-14(15-20-5-2-8-22(15)16)12-4-1-3-11(9-12)13-10-18-6-7-19-13/h1,3-4,6-7,9-10,14H,2,5,8H2,(H2,17,21). The van der Waals surface area contributed by atoms with Crippen molar-refractivity contribution in [3.05, 3.63) is 48.4 Å². The van der Waals surface area contributed by atoms with Crippen LogP contribution in [0.15, 0.2) is 52.8 Å². The van der Waals surface area contributed by atoms with Gasteiger partial charge in [-0.2, -0.15) is 0 Å². The summed E-state index contributed by atoms with van der Waals surface area (Å²) in [6.45, 7) is 1.74. The summed E-state index contributed by atoms with van der Waals surface area (Å²) in [7, 11) is 0. The minimum atomic E-state index is -0.114. The van der Waals surface area contributed by atoms with Gasteiger partial charge in [-0.3, -0.25) is 19.9 Å². The third-order valence-electron chi connectivity index (χ3n) is 3.93. The third kappa shape index (κ3) is 2.13. The van der Waals surface area contributed by atoms with Crippen molar-refractivity contribution in [1.29, 1.82) is 0 Å². The van der Waals surface area contributed by atoms with Gasteiger partial charge in [0.05, 0.1) is 11.9 Å². The summed E-state index contributed by atoms with van der Waals surface area (Å²) >= 11 is 0. The fraction of sp³-hybridized carbons (Fsp3) is 0.250. The number of nitrogens with two attached hydrogens (primary N) is 1. The molecule has 0 saturated heterocycles. The van der Waals surface area contributed by atoms with Crippen molar-refractivity contribution in [3.63, 3.8) is 0 Å². The quantitative estimate of drug-likeness (QED) is 0.912. The van der Waals surface area contributed by atoms with Crippen LogP contribution in [0.25, 0.3) is 11.3 Å². The number of amidine groups is 1. The molecule has 1 unspecified atom stereocenters. The zero-order valence-electron chi connectivity index (χ0n) is 12.1. The maximum absolute atomic E-state index is 6.04. The van der Waals surface area contributed by atoms with Crippen molar-refractivity contribution in [1.82, 2.24) is 14.9 Å². The van der Waals surface area contributed by atoms with E-state index in [1.807, 2.05) is 17.0 Å². The number of fused-ring (bicyclic) bond motifs is 1. The van der Waals surface area contributed by atoms with Crippen LogP contribution >= 0.6 is 0 Å². The highest BCUT2D eigenvalue weighted by Gasteiger charge is 2.33. The van der Waals surface area contributed by atoms with E-state index in [0.717, 1.165) is 42.2 Å². The largest absolute Gasteiger partial charge is 0.369 e. The zero-order chi connectivity index (χ0) is 14.9. The van der Waals surface area contributed by atoms with Crippen molar-refractivity contribution in [3.8, 4) is 11.3 Å². The van der Waals surface area contributed by atoms with Gasteiger partial charge in [0.25, 0.3) is 0 Å². The molecule has 0 spiro atoms. The van der Waals surface area contributed by atoms with Crippen molar-refractivity contribution in [2.24, 2.45) is 15.7 Å². The molecule has 4 rings (SSSR count). The first-order chi connectivity index (χ1) is 10.8. The normalized spacial score (nSPS) is 20.4. The van der Waals surface area contributed by atoms with Crippen molar-refractivity contribution in [2.75, 3.05) is 13.1 Å². The average Bonchev–Trinajstić information content (AvgIpc) is 2.93. The minimum Gasteiger partial charge on any atom is -0.369 e. The van der Waals surface area contributed by atoms with E-state index in [0.29, 0.717) is 5.96 Å². The molecule has 22 heavy (non-hydrogen) atoms. The lowest BCUT2D eigenvalue weighted by Crippen LogP contribution is -2.41. The smallest absolute Gasteiger partial charge is 0.197 e. The summed E-state index contributed by atoms with van der Waals surface area (Å²) in [5.74, 6) is 1.52. The summed E-state index contributed by atoms with van der Waals surface area (Å²) in [6, 6.07) is 8.07. The number of aromatic nitrogens is 2. The summed E-state index contributed by atoms with van der Waals surface area (Å²) in [5, 5.41) is 0. The molecular weight excluding hydrogens is 276 g/mol. The Morgan fingerprint density at radius 1 is 1.23 bits per heavy atom. The molecule has 6 nitrogen and oxygen atoms in total. The van der Waals surface area contributed by atoms with E-state index >= 15 is 0 Å². The monoisotopic (exact) mass is 292 g/mol. The van der Waals surface area contributed by atoms with Gasteiger partial charge in [0.1, 0.15) is 11.9 Å². The lowest BCUT2D eigenvalue weighted by Gasteiger charge is -2.24. The topological polar surface area (TPSA) is 79.8 Å². The molecular formula is C16H16N6. The number of guanidine groups is 1. The SMILES string of the molecule is NC1=NC(c2cccc(-c3cnccn3)c2)C2=NCCCN12. The molecule has 0 radical (unpaired) electrons. The van der Waals surface area contributed by atoms with E-state index in [4.69, 9.17) is 5.73 Å². The van der Waals surface area contributed by atoms with Crippen LogP contribution in [0, 0.1) is 0 Å². The highest BCUT2D eigenvalue weighted by Crippen LogP contribution is 2.30. The highest BCUT2D eigenvalue weighted by atomic mass is 15.4. The molecule has 0 fully saturated rings. The Hall–Kier alpha value is -2.76. The van der Waals surface area contributed by atoms with Gasteiger partial charge >= 0.3 is 0 Å². The minimum absolute atomic E-state index is 0.114. The van der Waals surface area contributed by atoms with Crippen LogP contribution in [0.4, 0.5) is 0 Å². The number of aliphatic imine (C=N–C) groups is 2. The summed E-state index contributed by atoms with van der Waals surface area (Å²) < 4.78 is 0. The van der Waals surface area contributed by atoms with Crippen molar-refractivity contribution in [2.45, 2.75) is 12.5 Å². The van der Waals surface area contributed by atoms with Crippen LogP contribution in [0.3, 0.4) is 0 Å². The van der Waals surface area contributed by atoms with E-state index in [9.17, 15) is 0 Å². The molecule has 2 aliphatic heterocycles. The summed E-state index contributed by atoms with van der Waals surface area (Å²) in [4.78, 5) is 19.7. The third-order valence-corrected chi connectivity index (χ3v) is 3.93. The summed E-state index contributed by atoms with van der Waals surface area (Å²) in [6.07, 6.45) is 6.15. The highest BCUT2D eigenvalue weighted by molar-refractivity contribution is 6.07. The Morgan fingerprint density at radius 2 is 2.18 bits per heavy atom. The second-order valence-corrected chi connectivity index (χ2v) is 5.35. The number of hydrogen-bond acceptors (Lipinski definition) is 6. The molecule has 0 saturated carbocycles. The Kier molecular flexibility index (Phi) is 3.07. The van der Waals surface area contributed by atoms with Crippen LogP contribution in [0.2, 0.25) is 0 Å². The van der Waals surface area contributed by atoms with Gasteiger partial charge < -0.3 is 5.73 Å². The van der Waals surface area contributed by atoms with Crippen LogP contribution in [0.5, 0.6) is 0 Å². The predicted octanol–water partition coefficient (Wildman–Crippen LogP) is 1.62. The van der Waals surface area contributed by atoms with Crippen LogP contribution in [0.1, 0.15) is 18.0 Å². The van der Waals surface area contributed by atoms with Gasteiger partial charge in [0.2, 0.25) is 0 Å².